The highest BCUT2D eigenvalue weighted by molar-refractivity contribution is 6.06. The van der Waals surface area contributed by atoms with E-state index in [4.69, 9.17) is 4.74 Å². The van der Waals surface area contributed by atoms with Crippen LogP contribution in [0.3, 0.4) is 0 Å². The predicted molar refractivity (Wildman–Crippen MR) is 116 cm³/mol. The number of anilines is 1. The molecule has 1 aliphatic heterocycles. The fourth-order valence-corrected chi connectivity index (χ4v) is 3.73. The van der Waals surface area contributed by atoms with Crippen LogP contribution in [0.15, 0.2) is 48.9 Å². The molecule has 0 radical (unpaired) electrons. The molecule has 6 nitrogen and oxygen atoms in total. The van der Waals surface area contributed by atoms with E-state index in [-0.39, 0.29) is 23.6 Å². The standard InChI is InChI=1S/C24H25FN4O2/c1-15(2)23-27-13-17(14-28-23)24(30)29-22-19(18-5-3-4-6-20(18)25)7-10-26-21(22)16-8-11-31-12-9-16/h3-7,10,13-16H,8-9,11-12H2,1-2H3,(H,29,30). The van der Waals surface area contributed by atoms with E-state index in [1.165, 1.54) is 18.5 Å². The van der Waals surface area contributed by atoms with Crippen molar-refractivity contribution in [3.63, 3.8) is 0 Å². The maximum absolute atomic E-state index is 14.6. The summed E-state index contributed by atoms with van der Waals surface area (Å²) < 4.78 is 20.1. The number of nitrogens with one attached hydrogen (secondary N) is 1. The van der Waals surface area contributed by atoms with E-state index in [9.17, 15) is 9.18 Å². The summed E-state index contributed by atoms with van der Waals surface area (Å²) in [6.07, 6.45) is 6.30. The van der Waals surface area contributed by atoms with Crippen LogP contribution >= 0.6 is 0 Å². The maximum atomic E-state index is 14.6. The van der Waals surface area contributed by atoms with Crippen molar-refractivity contribution in [1.29, 1.82) is 0 Å². The predicted octanol–water partition coefficient (Wildman–Crippen LogP) is 4.95. The second-order valence-corrected chi connectivity index (χ2v) is 7.92. The zero-order valence-electron chi connectivity index (χ0n) is 17.6. The second-order valence-electron chi connectivity index (χ2n) is 7.92. The molecule has 1 fully saturated rings. The van der Waals surface area contributed by atoms with E-state index in [1.54, 1.807) is 30.5 Å². The van der Waals surface area contributed by atoms with Crippen molar-refractivity contribution >= 4 is 11.6 Å². The molecule has 1 aromatic carbocycles. The molecule has 2 aromatic heterocycles. The Hall–Kier alpha value is -3.19. The Balaban J connectivity index is 1.74. The van der Waals surface area contributed by atoms with Gasteiger partial charge >= 0.3 is 0 Å². The van der Waals surface area contributed by atoms with Gasteiger partial charge in [-0.15, -0.1) is 0 Å². The van der Waals surface area contributed by atoms with Crippen molar-refractivity contribution in [2.45, 2.75) is 38.5 Å². The van der Waals surface area contributed by atoms with Crippen LogP contribution in [0.25, 0.3) is 11.1 Å². The summed E-state index contributed by atoms with van der Waals surface area (Å²) in [5.74, 6) is 0.257. The first-order valence-electron chi connectivity index (χ1n) is 10.5. The molecule has 7 heteroatoms. The number of pyridine rings is 1. The maximum Gasteiger partial charge on any atom is 0.258 e. The molecule has 1 amide bonds. The zero-order chi connectivity index (χ0) is 21.8. The molecule has 0 spiro atoms. The van der Waals surface area contributed by atoms with E-state index < -0.39 is 0 Å². The Labute approximate surface area is 180 Å². The lowest BCUT2D eigenvalue weighted by molar-refractivity contribution is 0.0846. The van der Waals surface area contributed by atoms with Crippen LogP contribution in [0.2, 0.25) is 0 Å². The van der Waals surface area contributed by atoms with Gasteiger partial charge in [-0.2, -0.15) is 0 Å². The summed E-state index contributed by atoms with van der Waals surface area (Å²) in [6, 6.07) is 8.26. The number of carbonyl (C=O) groups excluding carboxylic acids is 1. The molecule has 31 heavy (non-hydrogen) atoms. The van der Waals surface area contributed by atoms with E-state index in [0.29, 0.717) is 41.4 Å². The van der Waals surface area contributed by atoms with Gasteiger partial charge in [0.25, 0.3) is 5.91 Å². The lowest BCUT2D eigenvalue weighted by Crippen LogP contribution is -2.20. The number of hydrogen-bond donors (Lipinski definition) is 1. The third kappa shape index (κ3) is 4.61. The van der Waals surface area contributed by atoms with Gasteiger partial charge < -0.3 is 10.1 Å². The molecule has 1 saturated heterocycles. The van der Waals surface area contributed by atoms with Crippen LogP contribution < -0.4 is 5.32 Å². The van der Waals surface area contributed by atoms with Gasteiger partial charge in [-0.3, -0.25) is 9.78 Å². The van der Waals surface area contributed by atoms with Crippen molar-refractivity contribution in [1.82, 2.24) is 15.0 Å². The van der Waals surface area contributed by atoms with Crippen molar-refractivity contribution in [3.05, 3.63) is 71.8 Å². The van der Waals surface area contributed by atoms with Gasteiger partial charge in [0.15, 0.2) is 0 Å². The van der Waals surface area contributed by atoms with Crippen molar-refractivity contribution in [2.24, 2.45) is 0 Å². The third-order valence-corrected chi connectivity index (χ3v) is 5.44. The summed E-state index contributed by atoms with van der Waals surface area (Å²) in [5.41, 5.74) is 2.63. The number of aromatic nitrogens is 3. The van der Waals surface area contributed by atoms with E-state index in [1.807, 2.05) is 13.8 Å². The van der Waals surface area contributed by atoms with Gasteiger partial charge in [0.05, 0.1) is 16.9 Å². The highest BCUT2D eigenvalue weighted by atomic mass is 19.1. The molecule has 160 valence electrons. The van der Waals surface area contributed by atoms with Gasteiger partial charge in [-0.1, -0.05) is 32.0 Å². The molecule has 1 N–H and O–H groups in total. The van der Waals surface area contributed by atoms with Gasteiger partial charge in [0.2, 0.25) is 0 Å². The van der Waals surface area contributed by atoms with Crippen molar-refractivity contribution in [3.8, 4) is 11.1 Å². The average molecular weight is 420 g/mol. The van der Waals surface area contributed by atoms with Crippen LogP contribution in [0.1, 0.15) is 60.4 Å². The number of rotatable bonds is 5. The molecule has 0 saturated carbocycles. The summed E-state index contributed by atoms with van der Waals surface area (Å²) in [5, 5.41) is 2.98. The molecule has 0 unspecified atom stereocenters. The number of halogens is 1. The molecule has 4 rings (SSSR count). The summed E-state index contributed by atoms with van der Waals surface area (Å²) in [4.78, 5) is 26.2. The number of amides is 1. The molecule has 0 bridgehead atoms. The SMILES string of the molecule is CC(C)c1ncc(C(=O)Nc2c(-c3ccccc3F)ccnc2C2CCOCC2)cn1. The van der Waals surface area contributed by atoms with Gasteiger partial charge in [0.1, 0.15) is 11.6 Å². The molecule has 0 atom stereocenters. The Bertz CT molecular complexity index is 1060. The number of carbonyl (C=O) groups is 1. The molecular formula is C24H25FN4O2. The Morgan fingerprint density at radius 1 is 1.06 bits per heavy atom. The monoisotopic (exact) mass is 420 g/mol. The van der Waals surface area contributed by atoms with Crippen LogP contribution in [0.4, 0.5) is 10.1 Å². The van der Waals surface area contributed by atoms with Crippen LogP contribution in [-0.4, -0.2) is 34.1 Å². The molecule has 0 aliphatic carbocycles. The molecule has 3 heterocycles. The van der Waals surface area contributed by atoms with Crippen LogP contribution in [0, 0.1) is 5.82 Å². The van der Waals surface area contributed by atoms with Crippen molar-refractivity contribution < 1.29 is 13.9 Å². The third-order valence-electron chi connectivity index (χ3n) is 5.44. The highest BCUT2D eigenvalue weighted by Gasteiger charge is 2.25. The molecule has 1 aliphatic rings. The van der Waals surface area contributed by atoms with Gasteiger partial charge in [0, 0.05) is 54.8 Å². The first kappa shape index (κ1) is 21.1. The summed E-state index contributed by atoms with van der Waals surface area (Å²) in [6.45, 7) is 5.25. The molecular weight excluding hydrogens is 395 g/mol. The Morgan fingerprint density at radius 2 is 1.77 bits per heavy atom. The zero-order valence-corrected chi connectivity index (χ0v) is 17.6. The lowest BCUT2D eigenvalue weighted by Gasteiger charge is -2.25. The van der Waals surface area contributed by atoms with E-state index in [0.717, 1.165) is 18.5 Å². The number of hydrogen-bond acceptors (Lipinski definition) is 5. The van der Waals surface area contributed by atoms with Crippen LogP contribution in [-0.2, 0) is 4.74 Å². The van der Waals surface area contributed by atoms with E-state index >= 15 is 0 Å². The first-order chi connectivity index (χ1) is 15.0. The minimum atomic E-state index is -0.355. The Morgan fingerprint density at radius 3 is 2.45 bits per heavy atom. The minimum Gasteiger partial charge on any atom is -0.381 e. The number of ether oxygens (including phenoxy) is 1. The quantitative estimate of drug-likeness (QED) is 0.632. The van der Waals surface area contributed by atoms with Crippen LogP contribution in [0.5, 0.6) is 0 Å². The number of nitrogens with zero attached hydrogens (tertiary/aromatic N) is 3. The normalized spacial score (nSPS) is 14.6. The van der Waals surface area contributed by atoms with Gasteiger partial charge in [-0.25, -0.2) is 14.4 Å². The fraction of sp³-hybridized carbons (Fsp3) is 0.333. The minimum absolute atomic E-state index is 0.121. The average Bonchev–Trinajstić information content (AvgIpc) is 2.80. The lowest BCUT2D eigenvalue weighted by atomic mass is 9.91. The van der Waals surface area contributed by atoms with Crippen molar-refractivity contribution in [2.75, 3.05) is 18.5 Å². The number of benzene rings is 1. The highest BCUT2D eigenvalue weighted by Crippen LogP contribution is 2.38. The molecule has 3 aromatic rings. The smallest absolute Gasteiger partial charge is 0.258 e. The fourth-order valence-electron chi connectivity index (χ4n) is 3.73. The largest absolute Gasteiger partial charge is 0.381 e. The summed E-state index contributed by atoms with van der Waals surface area (Å²) >= 11 is 0. The second kappa shape index (κ2) is 9.31. The van der Waals surface area contributed by atoms with Gasteiger partial charge in [-0.05, 0) is 25.0 Å². The van der Waals surface area contributed by atoms with E-state index in [2.05, 4.69) is 20.3 Å². The Kier molecular flexibility index (Phi) is 6.32. The summed E-state index contributed by atoms with van der Waals surface area (Å²) in [7, 11) is 0. The topological polar surface area (TPSA) is 77.0 Å². The first-order valence-corrected chi connectivity index (χ1v) is 10.5.